The number of ether oxygens (including phenoxy) is 1. The molecule has 7 heteroatoms. The molecule has 0 spiro atoms. The average molecular weight is 334 g/mol. The summed E-state index contributed by atoms with van der Waals surface area (Å²) in [7, 11) is 0. The van der Waals surface area contributed by atoms with Gasteiger partial charge in [-0.2, -0.15) is 10.3 Å². The first-order valence-corrected chi connectivity index (χ1v) is 8.16. The summed E-state index contributed by atoms with van der Waals surface area (Å²) >= 11 is 0. The largest absolute Gasteiger partial charge is 0.493 e. The number of nitrogens with one attached hydrogen (secondary N) is 2. The first kappa shape index (κ1) is 15.3. The molecule has 0 unspecified atom stereocenters. The molecule has 2 heterocycles. The Hall–Kier alpha value is -3.22. The van der Waals surface area contributed by atoms with Crippen molar-refractivity contribution in [1.29, 1.82) is 0 Å². The molecule has 0 saturated heterocycles. The molecule has 2 aromatic heterocycles. The predicted octanol–water partition coefficient (Wildman–Crippen LogP) is 3.44. The minimum atomic E-state index is 0.424. The molecule has 0 radical (unpaired) electrons. The van der Waals surface area contributed by atoms with Crippen molar-refractivity contribution in [3.8, 4) is 28.4 Å². The van der Waals surface area contributed by atoms with E-state index < -0.39 is 0 Å². The summed E-state index contributed by atoms with van der Waals surface area (Å²) in [6, 6.07) is 14.0. The Morgan fingerprint density at radius 2 is 1.96 bits per heavy atom. The number of aromatic amines is 2. The molecule has 0 saturated carbocycles. The molecule has 0 aliphatic carbocycles. The first-order valence-electron chi connectivity index (χ1n) is 8.16. The Bertz CT molecular complexity index is 990. The van der Waals surface area contributed by atoms with Crippen LogP contribution in [0.3, 0.4) is 0 Å². The van der Waals surface area contributed by atoms with Gasteiger partial charge in [-0.25, -0.2) is 0 Å². The van der Waals surface area contributed by atoms with Crippen LogP contribution < -0.4 is 4.74 Å². The quantitative estimate of drug-likeness (QED) is 0.583. The van der Waals surface area contributed by atoms with Crippen molar-refractivity contribution in [3.05, 3.63) is 42.5 Å². The topological polar surface area (TPSA) is 92.4 Å². The normalized spacial score (nSPS) is 11.3. The molecule has 0 fully saturated rings. The molecule has 2 N–H and O–H groups in total. The van der Waals surface area contributed by atoms with Crippen molar-refractivity contribution in [2.75, 3.05) is 6.61 Å². The molecule has 2 aromatic carbocycles. The Balaban J connectivity index is 1.81. The van der Waals surface area contributed by atoms with Crippen LogP contribution >= 0.6 is 0 Å². The number of fused-ring (bicyclic) bond motifs is 1. The van der Waals surface area contributed by atoms with Gasteiger partial charge in [-0.3, -0.25) is 5.10 Å². The molecular formula is C18H18N6O. The summed E-state index contributed by atoms with van der Waals surface area (Å²) in [6.07, 6.45) is 0. The maximum Gasteiger partial charge on any atom is 0.208 e. The lowest BCUT2D eigenvalue weighted by molar-refractivity contribution is 0.272. The zero-order valence-electron chi connectivity index (χ0n) is 14.0. The Kier molecular flexibility index (Phi) is 3.89. The number of benzene rings is 2. The van der Waals surface area contributed by atoms with Crippen LogP contribution in [0.25, 0.3) is 33.5 Å². The number of hydrogen-bond donors (Lipinski definition) is 2. The van der Waals surface area contributed by atoms with E-state index in [0.29, 0.717) is 18.3 Å². The highest BCUT2D eigenvalue weighted by atomic mass is 16.5. The average Bonchev–Trinajstić information content (AvgIpc) is 3.29. The molecule has 0 amide bonds. The van der Waals surface area contributed by atoms with Crippen LogP contribution in [0, 0.1) is 5.92 Å². The number of H-pyrrole nitrogens is 2. The molecule has 0 atom stereocenters. The van der Waals surface area contributed by atoms with Crippen molar-refractivity contribution >= 4 is 10.9 Å². The van der Waals surface area contributed by atoms with Gasteiger partial charge in [0.2, 0.25) is 5.82 Å². The second-order valence-corrected chi connectivity index (χ2v) is 6.27. The number of tetrazole rings is 1. The Morgan fingerprint density at radius 3 is 2.76 bits per heavy atom. The van der Waals surface area contributed by atoms with E-state index in [-0.39, 0.29) is 0 Å². The summed E-state index contributed by atoms with van der Waals surface area (Å²) in [5.41, 5.74) is 3.64. The lowest BCUT2D eigenvalue weighted by atomic mass is 10.0. The van der Waals surface area contributed by atoms with E-state index in [1.54, 1.807) is 0 Å². The maximum atomic E-state index is 5.93. The summed E-state index contributed by atoms with van der Waals surface area (Å²) in [5, 5.41) is 23.0. The molecule has 7 nitrogen and oxygen atoms in total. The number of hydrogen-bond acceptors (Lipinski definition) is 5. The molecule has 0 aliphatic rings. The van der Waals surface area contributed by atoms with Gasteiger partial charge in [0.25, 0.3) is 0 Å². The van der Waals surface area contributed by atoms with Gasteiger partial charge < -0.3 is 4.74 Å². The zero-order valence-corrected chi connectivity index (χ0v) is 14.0. The predicted molar refractivity (Wildman–Crippen MR) is 95.0 cm³/mol. The van der Waals surface area contributed by atoms with Crippen LogP contribution in [-0.2, 0) is 0 Å². The Morgan fingerprint density at radius 1 is 1.08 bits per heavy atom. The first-order chi connectivity index (χ1) is 12.2. The maximum absolute atomic E-state index is 5.93. The SMILES string of the molecule is CC(C)COc1ccc(-c2n[nH]c3ccccc23)cc1-c1nn[nH]n1. The molecule has 126 valence electrons. The van der Waals surface area contributed by atoms with Gasteiger partial charge in [0, 0.05) is 10.9 Å². The van der Waals surface area contributed by atoms with E-state index in [4.69, 9.17) is 4.74 Å². The molecular weight excluding hydrogens is 316 g/mol. The van der Waals surface area contributed by atoms with Gasteiger partial charge in [0.1, 0.15) is 5.75 Å². The van der Waals surface area contributed by atoms with Crippen LogP contribution in [0.5, 0.6) is 5.75 Å². The minimum Gasteiger partial charge on any atom is -0.493 e. The van der Waals surface area contributed by atoms with Crippen LogP contribution in [0.4, 0.5) is 0 Å². The van der Waals surface area contributed by atoms with Crippen LogP contribution in [0.1, 0.15) is 13.8 Å². The second kappa shape index (κ2) is 6.35. The van der Waals surface area contributed by atoms with Crippen LogP contribution in [-0.4, -0.2) is 37.4 Å². The van der Waals surface area contributed by atoms with Crippen molar-refractivity contribution in [3.63, 3.8) is 0 Å². The van der Waals surface area contributed by atoms with E-state index >= 15 is 0 Å². The van der Waals surface area contributed by atoms with Gasteiger partial charge in [0.15, 0.2) is 0 Å². The summed E-state index contributed by atoms with van der Waals surface area (Å²) < 4.78 is 5.93. The van der Waals surface area contributed by atoms with Crippen LogP contribution in [0.2, 0.25) is 0 Å². The zero-order chi connectivity index (χ0) is 17.2. The van der Waals surface area contributed by atoms with Gasteiger partial charge >= 0.3 is 0 Å². The second-order valence-electron chi connectivity index (χ2n) is 6.27. The van der Waals surface area contributed by atoms with Crippen molar-refractivity contribution in [2.24, 2.45) is 5.92 Å². The fourth-order valence-corrected chi connectivity index (χ4v) is 2.69. The summed E-state index contributed by atoms with van der Waals surface area (Å²) in [4.78, 5) is 0. The summed E-state index contributed by atoms with van der Waals surface area (Å²) in [5.74, 6) is 1.66. The molecule has 4 aromatic rings. The van der Waals surface area contributed by atoms with Gasteiger partial charge in [-0.05, 0) is 35.4 Å². The van der Waals surface area contributed by atoms with Crippen molar-refractivity contribution < 1.29 is 4.74 Å². The standard InChI is InChI=1S/C18H18N6O/c1-11(2)10-25-16-8-7-12(9-14(16)18-21-23-24-22-18)17-13-5-3-4-6-15(13)19-20-17/h3-9,11H,10H2,1-2H3,(H,19,20)(H,21,22,23,24). The number of nitrogens with zero attached hydrogens (tertiary/aromatic N) is 4. The van der Waals surface area contributed by atoms with E-state index in [1.165, 1.54) is 0 Å². The summed E-state index contributed by atoms with van der Waals surface area (Å²) in [6.45, 7) is 4.84. The number of para-hydroxylation sites is 1. The van der Waals surface area contributed by atoms with Gasteiger partial charge in [-0.15, -0.1) is 10.2 Å². The highest BCUT2D eigenvalue weighted by molar-refractivity contribution is 5.93. The van der Waals surface area contributed by atoms with E-state index in [2.05, 4.69) is 44.7 Å². The van der Waals surface area contributed by atoms with E-state index in [0.717, 1.165) is 33.5 Å². The molecule has 0 aliphatic heterocycles. The minimum absolute atomic E-state index is 0.424. The third kappa shape index (κ3) is 2.96. The van der Waals surface area contributed by atoms with Gasteiger partial charge in [0.05, 0.1) is 23.4 Å². The van der Waals surface area contributed by atoms with Crippen LogP contribution in [0.15, 0.2) is 42.5 Å². The molecule has 0 bridgehead atoms. The number of aromatic nitrogens is 6. The molecule has 4 rings (SSSR count). The monoisotopic (exact) mass is 334 g/mol. The van der Waals surface area contributed by atoms with Crippen molar-refractivity contribution in [2.45, 2.75) is 13.8 Å². The Labute approximate surface area is 144 Å². The smallest absolute Gasteiger partial charge is 0.208 e. The highest BCUT2D eigenvalue weighted by Crippen LogP contribution is 2.34. The lowest BCUT2D eigenvalue weighted by Crippen LogP contribution is -2.05. The molecule has 25 heavy (non-hydrogen) atoms. The highest BCUT2D eigenvalue weighted by Gasteiger charge is 2.15. The van der Waals surface area contributed by atoms with Gasteiger partial charge in [-0.1, -0.05) is 32.0 Å². The number of rotatable bonds is 5. The fourth-order valence-electron chi connectivity index (χ4n) is 2.69. The fraction of sp³-hybridized carbons (Fsp3) is 0.222. The third-order valence-corrected chi connectivity index (χ3v) is 3.88. The van der Waals surface area contributed by atoms with E-state index in [1.807, 2.05) is 42.5 Å². The van der Waals surface area contributed by atoms with E-state index in [9.17, 15) is 0 Å². The van der Waals surface area contributed by atoms with Crippen molar-refractivity contribution in [1.82, 2.24) is 30.8 Å². The third-order valence-electron chi connectivity index (χ3n) is 3.88. The lowest BCUT2D eigenvalue weighted by Gasteiger charge is -2.12.